The largest absolute Gasteiger partial charge is 0.573 e. The molecule has 0 saturated heterocycles. The van der Waals surface area contributed by atoms with Crippen molar-refractivity contribution in [2.24, 2.45) is 0 Å². The molecular formula is C20H21F3N3O5P. The fraction of sp³-hybridized carbons (Fsp3) is 0.300. The SMILES string of the molecule is CCOP(=O)(OCC)C(Nc1nnc(-c2ccccc2)o1)c1ccc(OC(F)(F)F)cc1. The molecule has 1 atom stereocenters. The normalized spacial score (nSPS) is 13.0. The van der Waals surface area contributed by atoms with Crippen molar-refractivity contribution in [3.63, 3.8) is 0 Å². The summed E-state index contributed by atoms with van der Waals surface area (Å²) in [5, 5.41) is 10.7. The van der Waals surface area contributed by atoms with Crippen LogP contribution in [0.5, 0.6) is 5.75 Å². The van der Waals surface area contributed by atoms with Crippen molar-refractivity contribution in [1.29, 1.82) is 0 Å². The van der Waals surface area contributed by atoms with Gasteiger partial charge in [0.2, 0.25) is 5.89 Å². The first-order chi connectivity index (χ1) is 15.2. The lowest BCUT2D eigenvalue weighted by Gasteiger charge is -2.26. The highest BCUT2D eigenvalue weighted by atomic mass is 31.2. The average molecular weight is 471 g/mol. The third-order valence-electron chi connectivity index (χ3n) is 4.07. The van der Waals surface area contributed by atoms with Gasteiger partial charge < -0.3 is 23.5 Å². The minimum absolute atomic E-state index is 0.0656. The van der Waals surface area contributed by atoms with Gasteiger partial charge in [0.1, 0.15) is 5.75 Å². The molecule has 0 amide bonds. The fourth-order valence-corrected chi connectivity index (χ4v) is 4.74. The first-order valence-corrected chi connectivity index (χ1v) is 11.2. The molecule has 0 saturated carbocycles. The van der Waals surface area contributed by atoms with Gasteiger partial charge in [-0.05, 0) is 43.7 Å². The molecule has 0 aliphatic heterocycles. The van der Waals surface area contributed by atoms with Gasteiger partial charge in [-0.25, -0.2) is 0 Å². The van der Waals surface area contributed by atoms with Crippen molar-refractivity contribution in [1.82, 2.24) is 10.2 Å². The Balaban J connectivity index is 1.93. The molecule has 172 valence electrons. The Labute approximate surface area is 182 Å². The molecule has 2 aromatic carbocycles. The van der Waals surface area contributed by atoms with Crippen molar-refractivity contribution in [2.75, 3.05) is 18.5 Å². The van der Waals surface area contributed by atoms with E-state index in [0.29, 0.717) is 11.1 Å². The number of aromatic nitrogens is 2. The van der Waals surface area contributed by atoms with Gasteiger partial charge in [0.25, 0.3) is 0 Å². The minimum atomic E-state index is -4.83. The molecule has 1 N–H and O–H groups in total. The van der Waals surface area contributed by atoms with Crippen LogP contribution in [-0.4, -0.2) is 29.8 Å². The number of halogens is 3. The lowest BCUT2D eigenvalue weighted by molar-refractivity contribution is -0.274. The van der Waals surface area contributed by atoms with E-state index < -0.39 is 25.5 Å². The topological polar surface area (TPSA) is 95.7 Å². The summed E-state index contributed by atoms with van der Waals surface area (Å²) < 4.78 is 71.3. The van der Waals surface area contributed by atoms with E-state index in [-0.39, 0.29) is 25.1 Å². The molecule has 1 aromatic heterocycles. The van der Waals surface area contributed by atoms with Crippen molar-refractivity contribution < 1.29 is 35.9 Å². The van der Waals surface area contributed by atoms with Crippen LogP contribution in [0.2, 0.25) is 0 Å². The molecule has 0 spiro atoms. The van der Waals surface area contributed by atoms with Gasteiger partial charge in [0.05, 0.1) is 13.2 Å². The summed E-state index contributed by atoms with van der Waals surface area (Å²) >= 11 is 0. The van der Waals surface area contributed by atoms with Crippen LogP contribution in [0.25, 0.3) is 11.5 Å². The molecule has 0 radical (unpaired) electrons. The highest BCUT2D eigenvalue weighted by Gasteiger charge is 2.38. The predicted octanol–water partition coefficient (Wildman–Crippen LogP) is 6.01. The molecule has 0 bridgehead atoms. The lowest BCUT2D eigenvalue weighted by atomic mass is 10.2. The number of nitrogens with one attached hydrogen (secondary N) is 1. The van der Waals surface area contributed by atoms with Crippen LogP contribution in [0.15, 0.2) is 59.0 Å². The second-order valence-corrected chi connectivity index (χ2v) is 8.43. The van der Waals surface area contributed by atoms with Gasteiger partial charge in [0.15, 0.2) is 5.78 Å². The fourth-order valence-electron chi connectivity index (χ4n) is 2.84. The molecular weight excluding hydrogens is 450 g/mol. The Bertz CT molecular complexity index is 1030. The monoisotopic (exact) mass is 471 g/mol. The van der Waals surface area contributed by atoms with E-state index in [2.05, 4.69) is 20.3 Å². The first-order valence-electron chi connectivity index (χ1n) is 9.64. The zero-order valence-corrected chi connectivity index (χ0v) is 18.1. The third kappa shape index (κ3) is 6.09. The summed E-state index contributed by atoms with van der Waals surface area (Å²) in [5.41, 5.74) is 0.986. The summed E-state index contributed by atoms with van der Waals surface area (Å²) in [6.07, 6.45) is -4.83. The van der Waals surface area contributed by atoms with Crippen LogP contribution in [0.1, 0.15) is 25.2 Å². The van der Waals surface area contributed by atoms with E-state index in [1.807, 2.05) is 6.07 Å². The minimum Gasteiger partial charge on any atom is -0.406 e. The second-order valence-electron chi connectivity index (χ2n) is 6.32. The maximum absolute atomic E-state index is 13.5. The number of nitrogens with zero attached hydrogens (tertiary/aromatic N) is 2. The smallest absolute Gasteiger partial charge is 0.406 e. The van der Waals surface area contributed by atoms with Crippen molar-refractivity contribution >= 4 is 13.6 Å². The summed E-state index contributed by atoms with van der Waals surface area (Å²) in [7, 11) is -3.84. The maximum atomic E-state index is 13.5. The second kappa shape index (κ2) is 10.2. The molecule has 1 unspecified atom stereocenters. The van der Waals surface area contributed by atoms with Crippen molar-refractivity contribution in [3.05, 3.63) is 60.2 Å². The molecule has 0 aliphatic carbocycles. The van der Waals surface area contributed by atoms with Crippen LogP contribution in [0, 0.1) is 0 Å². The van der Waals surface area contributed by atoms with Crippen LogP contribution in [-0.2, 0) is 13.6 Å². The predicted molar refractivity (Wildman–Crippen MR) is 110 cm³/mol. The lowest BCUT2D eigenvalue weighted by Crippen LogP contribution is -2.18. The van der Waals surface area contributed by atoms with Gasteiger partial charge in [-0.1, -0.05) is 35.4 Å². The quantitative estimate of drug-likeness (QED) is 0.359. The summed E-state index contributed by atoms with van der Waals surface area (Å²) in [4.78, 5) is 0. The number of alkyl halides is 3. The number of rotatable bonds is 10. The Morgan fingerprint density at radius 3 is 2.19 bits per heavy atom. The van der Waals surface area contributed by atoms with E-state index in [0.717, 1.165) is 12.1 Å². The van der Waals surface area contributed by atoms with Crippen LogP contribution in [0.4, 0.5) is 19.2 Å². The molecule has 3 aromatic rings. The highest BCUT2D eigenvalue weighted by molar-refractivity contribution is 7.54. The molecule has 3 rings (SSSR count). The Hall–Kier alpha value is -2.88. The maximum Gasteiger partial charge on any atom is 0.573 e. The number of anilines is 1. The first kappa shape index (κ1) is 23.8. The summed E-state index contributed by atoms with van der Waals surface area (Å²) in [6.45, 7) is 3.43. The molecule has 0 fully saturated rings. The standard InChI is InChI=1S/C20H21F3N3O5P/c1-3-28-32(27,29-4-2)18(15-10-12-16(13-11-15)31-20(21,22)23)24-19-26-25-17(30-19)14-8-6-5-7-9-14/h5-13,18H,3-4H2,1-2H3,(H,24,26). The zero-order chi connectivity index (χ0) is 23.2. The molecule has 8 nitrogen and oxygen atoms in total. The van der Waals surface area contributed by atoms with Crippen LogP contribution < -0.4 is 10.1 Å². The van der Waals surface area contributed by atoms with E-state index >= 15 is 0 Å². The number of hydrogen-bond acceptors (Lipinski definition) is 8. The van der Waals surface area contributed by atoms with E-state index in [1.165, 1.54) is 12.1 Å². The number of ether oxygens (including phenoxy) is 1. The molecule has 32 heavy (non-hydrogen) atoms. The van der Waals surface area contributed by atoms with Gasteiger partial charge >= 0.3 is 20.0 Å². The number of benzene rings is 2. The summed E-state index contributed by atoms with van der Waals surface area (Å²) in [5.74, 6) is -1.33. The molecule has 12 heteroatoms. The van der Waals surface area contributed by atoms with E-state index in [4.69, 9.17) is 13.5 Å². The molecule has 1 heterocycles. The average Bonchev–Trinajstić information content (AvgIpc) is 3.21. The Morgan fingerprint density at radius 1 is 1.00 bits per heavy atom. The molecule has 0 aliphatic rings. The number of hydrogen-bond donors (Lipinski definition) is 1. The van der Waals surface area contributed by atoms with Gasteiger partial charge in [0, 0.05) is 5.56 Å². The van der Waals surface area contributed by atoms with Gasteiger partial charge in [-0.15, -0.1) is 18.3 Å². The van der Waals surface area contributed by atoms with Crippen molar-refractivity contribution in [2.45, 2.75) is 26.0 Å². The highest BCUT2D eigenvalue weighted by Crippen LogP contribution is 2.60. The van der Waals surface area contributed by atoms with E-state index in [9.17, 15) is 17.7 Å². The van der Waals surface area contributed by atoms with Gasteiger partial charge in [-0.2, -0.15) is 0 Å². The third-order valence-corrected chi connectivity index (χ3v) is 6.37. The van der Waals surface area contributed by atoms with Crippen molar-refractivity contribution in [3.8, 4) is 17.2 Å². The summed E-state index contributed by atoms with van der Waals surface area (Å²) in [6, 6.07) is 13.8. The van der Waals surface area contributed by atoms with E-state index in [1.54, 1.807) is 38.1 Å². The Kier molecular flexibility index (Phi) is 7.55. The zero-order valence-electron chi connectivity index (χ0n) is 17.2. The Morgan fingerprint density at radius 2 is 1.62 bits per heavy atom. The van der Waals surface area contributed by atoms with Crippen LogP contribution >= 0.6 is 7.60 Å². The van der Waals surface area contributed by atoms with Gasteiger partial charge in [-0.3, -0.25) is 4.57 Å². The van der Waals surface area contributed by atoms with Crippen LogP contribution in [0.3, 0.4) is 0 Å².